The molecule has 7 heteroatoms. The summed E-state index contributed by atoms with van der Waals surface area (Å²) in [7, 11) is 0. The number of amides is 1. The molecule has 0 spiro atoms. The van der Waals surface area contributed by atoms with Crippen LogP contribution < -0.4 is 0 Å². The second kappa shape index (κ2) is 9.63. The number of carbonyl (C=O) groups excluding carboxylic acids is 2. The number of hydrogen-bond donors (Lipinski definition) is 0. The van der Waals surface area contributed by atoms with Crippen LogP contribution in [0.4, 0.5) is 0 Å². The summed E-state index contributed by atoms with van der Waals surface area (Å²) < 4.78 is 11.1. The molecule has 0 radical (unpaired) electrons. The summed E-state index contributed by atoms with van der Waals surface area (Å²) >= 11 is 1.36. The first-order valence-electron chi connectivity index (χ1n) is 9.87. The van der Waals surface area contributed by atoms with Crippen LogP contribution in [-0.2, 0) is 16.1 Å². The highest BCUT2D eigenvalue weighted by Crippen LogP contribution is 2.25. The Hall–Kier alpha value is -3.06. The molecule has 0 saturated carbocycles. The predicted octanol–water partition coefficient (Wildman–Crippen LogP) is 4.41. The zero-order valence-electron chi connectivity index (χ0n) is 16.5. The quantitative estimate of drug-likeness (QED) is 0.415. The van der Waals surface area contributed by atoms with Crippen LogP contribution in [0, 0.1) is 0 Å². The van der Waals surface area contributed by atoms with Gasteiger partial charge in [0.1, 0.15) is 0 Å². The number of carbonyl (C=O) groups is 2. The van der Waals surface area contributed by atoms with E-state index >= 15 is 0 Å². The van der Waals surface area contributed by atoms with Gasteiger partial charge >= 0.3 is 5.97 Å². The van der Waals surface area contributed by atoms with Crippen molar-refractivity contribution in [3.8, 4) is 11.3 Å². The third kappa shape index (κ3) is 4.91. The molecule has 1 amide bonds. The van der Waals surface area contributed by atoms with Crippen LogP contribution in [0.1, 0.15) is 29.1 Å². The lowest BCUT2D eigenvalue weighted by atomic mass is 10.2. The fraction of sp³-hybridized carbons (Fsp3) is 0.261. The monoisotopic (exact) mass is 422 g/mol. The molecule has 1 aliphatic rings. The minimum absolute atomic E-state index is 0.0582. The number of thioether (sulfide) groups is 1. The summed E-state index contributed by atoms with van der Waals surface area (Å²) in [6.07, 6.45) is 3.74. The second-order valence-corrected chi connectivity index (χ2v) is 7.95. The van der Waals surface area contributed by atoms with Crippen LogP contribution in [-0.4, -0.2) is 40.6 Å². The molecule has 1 aromatic heterocycles. The number of nitrogens with zero attached hydrogens (tertiary/aromatic N) is 2. The van der Waals surface area contributed by atoms with Crippen molar-refractivity contribution in [3.63, 3.8) is 0 Å². The number of ether oxygens (including phenoxy) is 1. The number of likely N-dealkylation sites (tertiary alicyclic amines) is 1. The number of hydrogen-bond acceptors (Lipinski definition) is 6. The zero-order chi connectivity index (χ0) is 20.8. The van der Waals surface area contributed by atoms with E-state index in [1.54, 1.807) is 18.3 Å². The Balaban J connectivity index is 1.36. The molecule has 0 unspecified atom stereocenters. The van der Waals surface area contributed by atoms with E-state index in [4.69, 9.17) is 9.15 Å². The van der Waals surface area contributed by atoms with E-state index in [9.17, 15) is 9.59 Å². The average molecular weight is 423 g/mol. The van der Waals surface area contributed by atoms with Gasteiger partial charge in [0, 0.05) is 23.5 Å². The third-order valence-electron chi connectivity index (χ3n) is 4.86. The van der Waals surface area contributed by atoms with Gasteiger partial charge in [-0.05, 0) is 25.0 Å². The van der Waals surface area contributed by atoms with Gasteiger partial charge in [-0.2, -0.15) is 0 Å². The molecule has 4 rings (SSSR count). The summed E-state index contributed by atoms with van der Waals surface area (Å²) in [5.74, 6) is 0.902. The molecule has 2 aromatic carbocycles. The fourth-order valence-corrected chi connectivity index (χ4v) is 4.22. The lowest BCUT2D eigenvalue weighted by Crippen LogP contribution is -2.29. The number of esters is 1. The normalized spacial score (nSPS) is 13.4. The molecule has 1 aliphatic heterocycles. The van der Waals surface area contributed by atoms with E-state index < -0.39 is 5.97 Å². The summed E-state index contributed by atoms with van der Waals surface area (Å²) in [4.78, 5) is 31.7. The second-order valence-electron chi connectivity index (χ2n) is 6.93. The van der Waals surface area contributed by atoms with Crippen LogP contribution in [0.25, 0.3) is 11.3 Å². The van der Waals surface area contributed by atoms with Gasteiger partial charge in [0.2, 0.25) is 11.8 Å². The van der Waals surface area contributed by atoms with E-state index in [0.717, 1.165) is 36.4 Å². The Morgan fingerprint density at radius 3 is 2.57 bits per heavy atom. The number of rotatable bonds is 7. The Morgan fingerprint density at radius 1 is 1.03 bits per heavy atom. The van der Waals surface area contributed by atoms with Gasteiger partial charge in [-0.15, -0.1) is 11.8 Å². The molecular formula is C23H22N2O4S. The van der Waals surface area contributed by atoms with E-state index in [0.29, 0.717) is 23.0 Å². The first-order chi connectivity index (χ1) is 14.7. The third-order valence-corrected chi connectivity index (χ3v) is 5.91. The molecule has 0 N–H and O–H groups in total. The van der Waals surface area contributed by atoms with E-state index in [1.807, 2.05) is 47.4 Å². The maximum Gasteiger partial charge on any atom is 0.339 e. The Morgan fingerprint density at radius 2 is 1.77 bits per heavy atom. The number of aromatic nitrogens is 1. The van der Waals surface area contributed by atoms with Crippen LogP contribution in [0.15, 0.2) is 70.1 Å². The van der Waals surface area contributed by atoms with E-state index in [2.05, 4.69) is 4.98 Å². The number of oxazole rings is 1. The Labute approximate surface area is 179 Å². The van der Waals surface area contributed by atoms with Crippen molar-refractivity contribution in [2.45, 2.75) is 24.3 Å². The topological polar surface area (TPSA) is 72.6 Å². The number of benzene rings is 2. The maximum absolute atomic E-state index is 12.6. The van der Waals surface area contributed by atoms with Gasteiger partial charge in [-0.1, -0.05) is 42.5 Å². The molecule has 3 aromatic rings. The van der Waals surface area contributed by atoms with Crippen LogP contribution in [0.5, 0.6) is 0 Å². The van der Waals surface area contributed by atoms with Crippen LogP contribution in [0.3, 0.4) is 0 Å². The molecule has 6 nitrogen and oxygen atoms in total. The summed E-state index contributed by atoms with van der Waals surface area (Å²) in [5.41, 5.74) is 1.35. The highest BCUT2D eigenvalue weighted by molar-refractivity contribution is 8.00. The molecular weight excluding hydrogens is 400 g/mol. The minimum Gasteiger partial charge on any atom is -0.452 e. The van der Waals surface area contributed by atoms with E-state index in [-0.39, 0.29) is 12.5 Å². The maximum atomic E-state index is 12.6. The molecule has 30 heavy (non-hydrogen) atoms. The van der Waals surface area contributed by atoms with Crippen LogP contribution >= 0.6 is 11.8 Å². The van der Waals surface area contributed by atoms with Crippen molar-refractivity contribution in [1.82, 2.24) is 9.88 Å². The Bertz CT molecular complexity index is 1010. The fourth-order valence-electron chi connectivity index (χ4n) is 3.28. The van der Waals surface area contributed by atoms with Crippen molar-refractivity contribution >= 4 is 23.6 Å². The van der Waals surface area contributed by atoms with Gasteiger partial charge in [0.25, 0.3) is 0 Å². The van der Waals surface area contributed by atoms with Crippen molar-refractivity contribution in [2.75, 3.05) is 18.8 Å². The van der Waals surface area contributed by atoms with Gasteiger partial charge in [-0.25, -0.2) is 9.78 Å². The summed E-state index contributed by atoms with van der Waals surface area (Å²) in [5, 5.41) is 0. The lowest BCUT2D eigenvalue weighted by Gasteiger charge is -2.15. The van der Waals surface area contributed by atoms with E-state index in [1.165, 1.54) is 11.8 Å². The largest absolute Gasteiger partial charge is 0.452 e. The van der Waals surface area contributed by atoms with Gasteiger partial charge in [0.05, 0.1) is 17.5 Å². The zero-order valence-corrected chi connectivity index (χ0v) is 17.3. The van der Waals surface area contributed by atoms with Gasteiger partial charge in [0.15, 0.2) is 12.4 Å². The van der Waals surface area contributed by atoms with Crippen molar-refractivity contribution in [2.24, 2.45) is 0 Å². The highest BCUT2D eigenvalue weighted by Gasteiger charge is 2.20. The van der Waals surface area contributed by atoms with Crippen molar-refractivity contribution < 1.29 is 18.7 Å². The molecule has 154 valence electrons. The summed E-state index contributed by atoms with van der Waals surface area (Å²) in [6, 6.07) is 16.8. The van der Waals surface area contributed by atoms with Gasteiger partial charge < -0.3 is 14.1 Å². The van der Waals surface area contributed by atoms with Crippen molar-refractivity contribution in [1.29, 1.82) is 0 Å². The molecule has 0 aliphatic carbocycles. The molecule has 1 fully saturated rings. The molecule has 0 atom stereocenters. The first kappa shape index (κ1) is 20.2. The van der Waals surface area contributed by atoms with Crippen molar-refractivity contribution in [3.05, 3.63) is 72.2 Å². The minimum atomic E-state index is -0.466. The SMILES string of the molecule is O=C(OCc1ncc(-c2ccccc2)o1)c1ccccc1SCC(=O)N1CCCC1. The molecule has 2 heterocycles. The summed E-state index contributed by atoms with van der Waals surface area (Å²) in [6.45, 7) is 1.59. The average Bonchev–Trinajstić information content (AvgIpc) is 3.49. The molecule has 1 saturated heterocycles. The highest BCUT2D eigenvalue weighted by atomic mass is 32.2. The molecule has 0 bridgehead atoms. The first-order valence-corrected chi connectivity index (χ1v) is 10.9. The van der Waals surface area contributed by atoms with Gasteiger partial charge in [-0.3, -0.25) is 4.79 Å². The smallest absolute Gasteiger partial charge is 0.339 e. The lowest BCUT2D eigenvalue weighted by molar-refractivity contribution is -0.127. The Kier molecular flexibility index (Phi) is 6.49. The predicted molar refractivity (Wildman–Crippen MR) is 114 cm³/mol. The standard InChI is InChI=1S/C23H22N2O4S/c26-22(25-12-6-7-13-25)16-30-20-11-5-4-10-18(20)23(27)28-15-21-24-14-19(29-21)17-8-2-1-3-9-17/h1-5,8-11,14H,6-7,12-13,15-16H2. The van der Waals surface area contributed by atoms with Crippen LogP contribution in [0.2, 0.25) is 0 Å².